The van der Waals surface area contributed by atoms with E-state index >= 15 is 0 Å². The number of benzene rings is 1. The summed E-state index contributed by atoms with van der Waals surface area (Å²) in [5.41, 5.74) is 3.43. The minimum Gasteiger partial charge on any atom is -0.491 e. The van der Waals surface area contributed by atoms with Crippen molar-refractivity contribution in [2.45, 2.75) is 33.8 Å². The Labute approximate surface area is 86.4 Å². The molecule has 0 bridgehead atoms. The minimum absolute atomic E-state index is 0.217. The zero-order valence-corrected chi connectivity index (χ0v) is 9.42. The number of allylic oxidation sites excluding steroid dienone is 1. The lowest BCUT2D eigenvalue weighted by atomic mass is 10.1. The highest BCUT2D eigenvalue weighted by Crippen LogP contribution is 2.22. The average molecular weight is 190 g/mol. The van der Waals surface area contributed by atoms with Crippen LogP contribution in [-0.2, 0) is 0 Å². The summed E-state index contributed by atoms with van der Waals surface area (Å²) in [4.78, 5) is 0. The molecule has 0 unspecified atom stereocenters. The standard InChI is InChI=1S/C13H18O/c1-9(2)12-6-11(5)7-13(8-12)14-10(3)4/h6-8,10H,1H2,2-5H3. The Balaban J connectivity index is 3.01. The normalized spacial score (nSPS) is 10.4. The first-order chi connectivity index (χ1) is 6.49. The predicted molar refractivity (Wildman–Crippen MR) is 61.7 cm³/mol. The average Bonchev–Trinajstić information content (AvgIpc) is 2.01. The van der Waals surface area contributed by atoms with E-state index in [9.17, 15) is 0 Å². The Morgan fingerprint density at radius 2 is 1.93 bits per heavy atom. The van der Waals surface area contributed by atoms with E-state index < -0.39 is 0 Å². The van der Waals surface area contributed by atoms with Crippen molar-refractivity contribution in [1.82, 2.24) is 0 Å². The molecule has 0 saturated heterocycles. The van der Waals surface area contributed by atoms with Crippen LogP contribution in [0.3, 0.4) is 0 Å². The molecule has 76 valence electrons. The van der Waals surface area contributed by atoms with Crippen LogP contribution in [0.2, 0.25) is 0 Å². The molecule has 0 atom stereocenters. The van der Waals surface area contributed by atoms with Crippen molar-refractivity contribution in [3.8, 4) is 5.75 Å². The molecule has 0 saturated carbocycles. The third-order valence-corrected chi connectivity index (χ3v) is 1.92. The fourth-order valence-electron chi connectivity index (χ4n) is 1.33. The Hall–Kier alpha value is -1.24. The molecule has 0 heterocycles. The summed E-state index contributed by atoms with van der Waals surface area (Å²) in [6.07, 6.45) is 0.217. The number of rotatable bonds is 3. The summed E-state index contributed by atoms with van der Waals surface area (Å²) >= 11 is 0. The number of aryl methyl sites for hydroxylation is 1. The molecule has 1 aromatic rings. The molecule has 0 aliphatic carbocycles. The molecule has 0 spiro atoms. The first-order valence-electron chi connectivity index (χ1n) is 4.93. The first kappa shape index (κ1) is 10.8. The molecule has 0 aromatic heterocycles. The van der Waals surface area contributed by atoms with Crippen LogP contribution in [0.5, 0.6) is 5.75 Å². The molecule has 1 aromatic carbocycles. The van der Waals surface area contributed by atoms with E-state index in [-0.39, 0.29) is 6.10 Å². The summed E-state index contributed by atoms with van der Waals surface area (Å²) in [5, 5.41) is 0. The van der Waals surface area contributed by atoms with Gasteiger partial charge in [0.25, 0.3) is 0 Å². The molecule has 0 aliphatic heterocycles. The monoisotopic (exact) mass is 190 g/mol. The Morgan fingerprint density at radius 1 is 1.29 bits per heavy atom. The van der Waals surface area contributed by atoms with Gasteiger partial charge in [0, 0.05) is 0 Å². The molecule has 1 nitrogen and oxygen atoms in total. The molecule has 0 radical (unpaired) electrons. The Morgan fingerprint density at radius 3 is 2.43 bits per heavy atom. The van der Waals surface area contributed by atoms with Crippen molar-refractivity contribution in [3.63, 3.8) is 0 Å². The number of hydrogen-bond donors (Lipinski definition) is 0. The molecular weight excluding hydrogens is 172 g/mol. The molecule has 0 aliphatic rings. The van der Waals surface area contributed by atoms with E-state index in [0.717, 1.165) is 16.9 Å². The SMILES string of the molecule is C=C(C)c1cc(C)cc(OC(C)C)c1. The van der Waals surface area contributed by atoms with Gasteiger partial charge in [-0.05, 0) is 51.0 Å². The van der Waals surface area contributed by atoms with Gasteiger partial charge in [0.2, 0.25) is 0 Å². The number of ether oxygens (including phenoxy) is 1. The lowest BCUT2D eigenvalue weighted by Gasteiger charge is -2.12. The zero-order chi connectivity index (χ0) is 10.7. The Bertz CT molecular complexity index is 337. The largest absolute Gasteiger partial charge is 0.491 e. The van der Waals surface area contributed by atoms with Crippen molar-refractivity contribution in [3.05, 3.63) is 35.9 Å². The third-order valence-electron chi connectivity index (χ3n) is 1.92. The summed E-state index contributed by atoms with van der Waals surface area (Å²) in [7, 11) is 0. The quantitative estimate of drug-likeness (QED) is 0.704. The second-order valence-corrected chi connectivity index (χ2v) is 3.98. The van der Waals surface area contributed by atoms with Crippen molar-refractivity contribution in [1.29, 1.82) is 0 Å². The zero-order valence-electron chi connectivity index (χ0n) is 9.42. The van der Waals surface area contributed by atoms with Crippen LogP contribution in [0.15, 0.2) is 24.8 Å². The highest BCUT2D eigenvalue weighted by molar-refractivity contribution is 5.63. The fourth-order valence-corrected chi connectivity index (χ4v) is 1.33. The summed E-state index contributed by atoms with van der Waals surface area (Å²) in [5.74, 6) is 0.929. The van der Waals surface area contributed by atoms with Gasteiger partial charge in [0.15, 0.2) is 0 Å². The van der Waals surface area contributed by atoms with Gasteiger partial charge < -0.3 is 4.74 Å². The van der Waals surface area contributed by atoms with E-state index in [2.05, 4.69) is 19.6 Å². The van der Waals surface area contributed by atoms with Crippen LogP contribution >= 0.6 is 0 Å². The topological polar surface area (TPSA) is 9.23 Å². The van der Waals surface area contributed by atoms with Crippen molar-refractivity contribution < 1.29 is 4.74 Å². The predicted octanol–water partition coefficient (Wildman–Crippen LogP) is 3.82. The van der Waals surface area contributed by atoms with Crippen molar-refractivity contribution in [2.75, 3.05) is 0 Å². The van der Waals surface area contributed by atoms with Gasteiger partial charge in [-0.2, -0.15) is 0 Å². The van der Waals surface area contributed by atoms with Crippen LogP contribution < -0.4 is 4.74 Å². The number of hydrogen-bond acceptors (Lipinski definition) is 1. The van der Waals surface area contributed by atoms with E-state index in [4.69, 9.17) is 4.74 Å². The summed E-state index contributed by atoms with van der Waals surface area (Å²) in [6.45, 7) is 12.1. The maximum absolute atomic E-state index is 5.64. The summed E-state index contributed by atoms with van der Waals surface area (Å²) in [6, 6.07) is 6.21. The maximum atomic E-state index is 5.64. The lowest BCUT2D eigenvalue weighted by Crippen LogP contribution is -2.05. The van der Waals surface area contributed by atoms with Gasteiger partial charge in [0.05, 0.1) is 6.10 Å². The van der Waals surface area contributed by atoms with E-state index in [0.29, 0.717) is 0 Å². The maximum Gasteiger partial charge on any atom is 0.120 e. The van der Waals surface area contributed by atoms with Crippen LogP contribution in [0, 0.1) is 6.92 Å². The van der Waals surface area contributed by atoms with Gasteiger partial charge in [0.1, 0.15) is 5.75 Å². The molecule has 1 rings (SSSR count). The highest BCUT2D eigenvalue weighted by atomic mass is 16.5. The molecule has 0 amide bonds. The molecule has 0 N–H and O–H groups in total. The second-order valence-electron chi connectivity index (χ2n) is 3.98. The molecular formula is C13H18O. The van der Waals surface area contributed by atoms with Crippen LogP contribution in [-0.4, -0.2) is 6.10 Å². The fraction of sp³-hybridized carbons (Fsp3) is 0.385. The van der Waals surface area contributed by atoms with Gasteiger partial charge in [-0.1, -0.05) is 18.2 Å². The van der Waals surface area contributed by atoms with Gasteiger partial charge in [-0.25, -0.2) is 0 Å². The smallest absolute Gasteiger partial charge is 0.120 e. The third kappa shape index (κ3) is 2.91. The van der Waals surface area contributed by atoms with Gasteiger partial charge >= 0.3 is 0 Å². The van der Waals surface area contributed by atoms with E-state index in [1.807, 2.05) is 32.9 Å². The minimum atomic E-state index is 0.217. The lowest BCUT2D eigenvalue weighted by molar-refractivity contribution is 0.242. The molecule has 14 heavy (non-hydrogen) atoms. The summed E-state index contributed by atoms with van der Waals surface area (Å²) < 4.78 is 5.64. The second kappa shape index (κ2) is 4.32. The van der Waals surface area contributed by atoms with Crippen LogP contribution in [0.25, 0.3) is 5.57 Å². The van der Waals surface area contributed by atoms with Crippen LogP contribution in [0.4, 0.5) is 0 Å². The van der Waals surface area contributed by atoms with Crippen LogP contribution in [0.1, 0.15) is 31.9 Å². The highest BCUT2D eigenvalue weighted by Gasteiger charge is 2.01. The first-order valence-corrected chi connectivity index (χ1v) is 4.93. The van der Waals surface area contributed by atoms with E-state index in [1.165, 1.54) is 5.56 Å². The van der Waals surface area contributed by atoms with Gasteiger partial charge in [-0.3, -0.25) is 0 Å². The molecule has 1 heteroatoms. The Kier molecular flexibility index (Phi) is 3.34. The van der Waals surface area contributed by atoms with Crippen molar-refractivity contribution >= 4 is 5.57 Å². The van der Waals surface area contributed by atoms with E-state index in [1.54, 1.807) is 0 Å². The molecule has 0 fully saturated rings. The van der Waals surface area contributed by atoms with Gasteiger partial charge in [-0.15, -0.1) is 0 Å². The van der Waals surface area contributed by atoms with Crippen molar-refractivity contribution in [2.24, 2.45) is 0 Å².